The first-order valence-corrected chi connectivity index (χ1v) is 12.3. The molecule has 0 aromatic rings. The average molecular weight is 480 g/mol. The predicted octanol–water partition coefficient (Wildman–Crippen LogP) is 2.02. The van der Waals surface area contributed by atoms with Gasteiger partial charge in [0.05, 0.1) is 23.8 Å². The summed E-state index contributed by atoms with van der Waals surface area (Å²) in [4.78, 5) is 42.0. The zero-order valence-corrected chi connectivity index (χ0v) is 21.6. The molecule has 9 heteroatoms. The third-order valence-corrected chi connectivity index (χ3v) is 4.98. The summed E-state index contributed by atoms with van der Waals surface area (Å²) in [6, 6.07) is 0. The van der Waals surface area contributed by atoms with Gasteiger partial charge < -0.3 is 19.8 Å². The van der Waals surface area contributed by atoms with E-state index in [1.807, 2.05) is 13.8 Å². The van der Waals surface area contributed by atoms with Crippen LogP contribution in [0.5, 0.6) is 0 Å². The summed E-state index contributed by atoms with van der Waals surface area (Å²) in [6.07, 6.45) is 6.34. The third kappa shape index (κ3) is 25.1. The van der Waals surface area contributed by atoms with E-state index in [0.717, 1.165) is 51.7 Å². The van der Waals surface area contributed by atoms with E-state index in [2.05, 4.69) is 13.8 Å². The predicted molar refractivity (Wildman–Crippen MR) is 110 cm³/mol. The van der Waals surface area contributed by atoms with Crippen LogP contribution in [0.15, 0.2) is 0 Å². The van der Waals surface area contributed by atoms with Gasteiger partial charge >= 0.3 is 66.5 Å². The van der Waals surface area contributed by atoms with E-state index in [0.29, 0.717) is 12.8 Å². The van der Waals surface area contributed by atoms with Crippen molar-refractivity contribution in [2.24, 2.45) is 11.8 Å². The van der Waals surface area contributed by atoms with E-state index in [1.54, 1.807) is 0 Å². The van der Waals surface area contributed by atoms with Crippen molar-refractivity contribution >= 4 is 23.5 Å². The first kappa shape index (κ1) is 34.5. The molecule has 0 saturated heterocycles. The van der Waals surface area contributed by atoms with Crippen LogP contribution in [0.1, 0.15) is 92.9 Å². The molecule has 0 radical (unpaired) electrons. The van der Waals surface area contributed by atoms with Crippen molar-refractivity contribution in [3.05, 3.63) is 0 Å². The normalized spacial score (nSPS) is 11.5. The average Bonchev–Trinajstić information content (AvgIpc) is 2.68. The first-order chi connectivity index (χ1) is 14.6. The van der Waals surface area contributed by atoms with Crippen molar-refractivity contribution in [2.45, 2.75) is 92.9 Å². The Hall–Kier alpha value is -1.09. The van der Waals surface area contributed by atoms with Crippen LogP contribution in [0.4, 0.5) is 0 Å². The molecule has 0 N–H and O–H groups in total. The minimum atomic E-state index is -1.24. The summed E-state index contributed by atoms with van der Waals surface area (Å²) in [5.74, 6) is -4.89. The quantitative estimate of drug-likeness (QED) is 0.186. The second-order valence-electron chi connectivity index (χ2n) is 7.03. The number of hydrogen-bond acceptors (Lipinski definition) is 8. The second kappa shape index (κ2) is 25.2. The topological polar surface area (TPSA) is 133 Å². The van der Waals surface area contributed by atoms with Gasteiger partial charge in [0.25, 0.3) is 0 Å². The number of hydrogen-bond donors (Lipinski definition) is 0. The van der Waals surface area contributed by atoms with Gasteiger partial charge in [-0.15, -0.1) is 0 Å². The van der Waals surface area contributed by atoms with Gasteiger partial charge in [-0.25, -0.2) is 0 Å². The molecule has 0 aliphatic carbocycles. The SMILES string of the molecule is CCCCC(C(C)=O)C(=O)[O-].CCCCC(C(C)=O)C(=O)[O-].CCC[O][Ti+2][O]CCC. The van der Waals surface area contributed by atoms with Gasteiger partial charge in [0, 0.05) is 0 Å². The molecule has 0 aromatic heterocycles. The molecule has 180 valence electrons. The summed E-state index contributed by atoms with van der Waals surface area (Å²) >= 11 is -0.504. The summed E-state index contributed by atoms with van der Waals surface area (Å²) in [7, 11) is 0. The molecule has 0 bridgehead atoms. The van der Waals surface area contributed by atoms with Crippen LogP contribution in [0.2, 0.25) is 0 Å². The fourth-order valence-electron chi connectivity index (χ4n) is 2.12. The fourth-order valence-corrected chi connectivity index (χ4v) is 3.15. The van der Waals surface area contributed by atoms with E-state index in [9.17, 15) is 29.4 Å². The second-order valence-corrected chi connectivity index (χ2v) is 8.19. The van der Waals surface area contributed by atoms with Gasteiger partial charge in [-0.2, -0.15) is 0 Å². The molecule has 0 aliphatic heterocycles. The molecule has 2 atom stereocenters. The molecule has 0 aromatic carbocycles. The van der Waals surface area contributed by atoms with Crippen LogP contribution in [-0.4, -0.2) is 36.7 Å². The van der Waals surface area contributed by atoms with Gasteiger partial charge in [0.15, 0.2) is 0 Å². The third-order valence-electron chi connectivity index (χ3n) is 3.97. The summed E-state index contributed by atoms with van der Waals surface area (Å²) in [5.41, 5.74) is 0. The first-order valence-electron chi connectivity index (χ1n) is 11.0. The number of ketones is 2. The molecule has 0 saturated carbocycles. The number of carboxylic acids is 2. The van der Waals surface area contributed by atoms with Crippen molar-refractivity contribution in [3.8, 4) is 0 Å². The number of carboxylic acid groups (broad SMARTS) is 2. The van der Waals surface area contributed by atoms with E-state index >= 15 is 0 Å². The summed E-state index contributed by atoms with van der Waals surface area (Å²) in [6.45, 7) is 12.4. The van der Waals surface area contributed by atoms with E-state index < -0.39 is 43.7 Å². The molecular weight excluding hydrogens is 440 g/mol. The number of unbranched alkanes of at least 4 members (excludes halogenated alkanes) is 2. The van der Waals surface area contributed by atoms with E-state index in [1.165, 1.54) is 13.8 Å². The van der Waals surface area contributed by atoms with Crippen molar-refractivity contribution < 1.29 is 56.0 Å². The van der Waals surface area contributed by atoms with Crippen LogP contribution < -0.4 is 10.2 Å². The van der Waals surface area contributed by atoms with Crippen LogP contribution in [0, 0.1) is 11.8 Å². The van der Waals surface area contributed by atoms with Gasteiger partial charge in [-0.3, -0.25) is 9.59 Å². The maximum absolute atomic E-state index is 10.7. The Bertz CT molecular complexity index is 412. The van der Waals surface area contributed by atoms with Crippen molar-refractivity contribution in [1.82, 2.24) is 0 Å². The molecule has 0 fully saturated rings. The van der Waals surface area contributed by atoms with Gasteiger partial charge in [-0.05, 0) is 26.7 Å². The molecule has 0 spiro atoms. The number of Topliss-reactive ketones (excluding diaryl/α,β-unsaturated/α-hetero) is 2. The van der Waals surface area contributed by atoms with Crippen LogP contribution in [0.25, 0.3) is 0 Å². The Balaban J connectivity index is -0.000000382. The van der Waals surface area contributed by atoms with E-state index in [4.69, 9.17) is 6.64 Å². The molecule has 0 rings (SSSR count). The van der Waals surface area contributed by atoms with Crippen LogP contribution >= 0.6 is 0 Å². The molecular formula is C22H40O8Ti. The van der Waals surface area contributed by atoms with Gasteiger partial charge in [0.2, 0.25) is 0 Å². The van der Waals surface area contributed by atoms with Crippen LogP contribution in [-0.2, 0) is 45.7 Å². The molecule has 8 nitrogen and oxygen atoms in total. The Morgan fingerprint density at radius 2 is 1.00 bits per heavy atom. The molecule has 0 aliphatic rings. The number of rotatable bonds is 16. The van der Waals surface area contributed by atoms with Crippen molar-refractivity contribution in [3.63, 3.8) is 0 Å². The number of aliphatic carboxylic acids is 2. The number of carbonyl (C=O) groups is 4. The van der Waals surface area contributed by atoms with Gasteiger partial charge in [-0.1, -0.05) is 39.5 Å². The molecule has 0 heterocycles. The molecule has 31 heavy (non-hydrogen) atoms. The zero-order valence-electron chi connectivity index (χ0n) is 20.0. The fraction of sp³-hybridized carbons (Fsp3) is 0.818. The van der Waals surface area contributed by atoms with Crippen molar-refractivity contribution in [2.75, 3.05) is 13.2 Å². The van der Waals surface area contributed by atoms with Gasteiger partial charge in [0.1, 0.15) is 11.6 Å². The number of carbonyl (C=O) groups excluding carboxylic acids is 4. The monoisotopic (exact) mass is 480 g/mol. The standard InChI is InChI=1S/2C8H14O3.2C3H7O.Ti/c2*1-3-4-5-7(6(2)9)8(10)11;2*1-2-3-4;/h2*7H,3-5H2,1-2H3,(H,10,11);2*2-3H2,1H3;/q;;2*-1;+4/p-2. The maximum atomic E-state index is 10.7. The summed E-state index contributed by atoms with van der Waals surface area (Å²) in [5, 5.41) is 20.6. The Morgan fingerprint density at radius 3 is 1.19 bits per heavy atom. The van der Waals surface area contributed by atoms with E-state index in [-0.39, 0.29) is 11.6 Å². The Labute approximate surface area is 197 Å². The Kier molecular flexibility index (Phi) is 28.0. The van der Waals surface area contributed by atoms with Crippen LogP contribution in [0.3, 0.4) is 0 Å². The minimum absolute atomic E-state index is 0.307. The molecule has 0 amide bonds. The Morgan fingerprint density at radius 1 is 0.677 bits per heavy atom. The zero-order chi connectivity index (χ0) is 24.7. The molecule has 2 unspecified atom stereocenters. The summed E-state index contributed by atoms with van der Waals surface area (Å²) < 4.78 is 10.4. The van der Waals surface area contributed by atoms with Crippen molar-refractivity contribution in [1.29, 1.82) is 0 Å².